The van der Waals surface area contributed by atoms with E-state index in [9.17, 15) is 0 Å². The highest BCUT2D eigenvalue weighted by atomic mass is 15.2. The molecule has 2 N–H and O–H groups in total. The lowest BCUT2D eigenvalue weighted by molar-refractivity contribution is 0.320. The minimum atomic E-state index is 0.624. The van der Waals surface area contributed by atoms with Crippen LogP contribution in [0.1, 0.15) is 38.2 Å². The van der Waals surface area contributed by atoms with Crippen LogP contribution in [0.2, 0.25) is 0 Å². The van der Waals surface area contributed by atoms with Gasteiger partial charge in [-0.15, -0.1) is 0 Å². The molecule has 0 saturated heterocycles. The van der Waals surface area contributed by atoms with Gasteiger partial charge in [-0.2, -0.15) is 0 Å². The molecule has 2 unspecified atom stereocenters. The molecule has 3 nitrogen and oxygen atoms in total. The van der Waals surface area contributed by atoms with E-state index >= 15 is 0 Å². The molecule has 2 atom stereocenters. The number of nitrogens with zero attached hydrogens (tertiary/aromatic N) is 2. The van der Waals surface area contributed by atoms with Gasteiger partial charge in [-0.05, 0) is 37.3 Å². The number of nitrogens with two attached hydrogens (primary N) is 1. The smallest absolute Gasteiger partial charge is 0.128 e. The lowest BCUT2D eigenvalue weighted by Crippen LogP contribution is -2.39. The maximum absolute atomic E-state index is 5.81. The van der Waals surface area contributed by atoms with E-state index in [1.165, 1.54) is 25.7 Å². The van der Waals surface area contributed by atoms with E-state index in [0.29, 0.717) is 6.04 Å². The molecule has 1 aliphatic rings. The average Bonchev–Trinajstić information content (AvgIpc) is 2.32. The molecule has 0 aliphatic heterocycles. The first-order valence-corrected chi connectivity index (χ1v) is 6.54. The van der Waals surface area contributed by atoms with Crippen molar-refractivity contribution in [3.63, 3.8) is 0 Å². The molecule has 0 radical (unpaired) electrons. The Morgan fingerprint density at radius 1 is 1.35 bits per heavy atom. The van der Waals surface area contributed by atoms with Crippen LogP contribution in [0.3, 0.4) is 0 Å². The summed E-state index contributed by atoms with van der Waals surface area (Å²) in [6, 6.07) is 2.72. The minimum absolute atomic E-state index is 0.624. The molecule has 1 aliphatic carbocycles. The molecule has 1 aromatic heterocycles. The van der Waals surface area contributed by atoms with Gasteiger partial charge in [0, 0.05) is 13.1 Å². The van der Waals surface area contributed by atoms with Crippen LogP contribution in [0.5, 0.6) is 0 Å². The Hall–Kier alpha value is -1.25. The number of hydrogen-bond acceptors (Lipinski definition) is 3. The molecule has 1 saturated carbocycles. The van der Waals surface area contributed by atoms with Crippen molar-refractivity contribution >= 4 is 11.5 Å². The quantitative estimate of drug-likeness (QED) is 0.854. The molecule has 94 valence electrons. The fraction of sp³-hybridized carbons (Fsp3) is 0.643. The summed E-state index contributed by atoms with van der Waals surface area (Å²) < 4.78 is 0. The predicted octanol–water partition coefficient (Wildman–Crippen LogP) is 2.99. The van der Waals surface area contributed by atoms with E-state index in [-0.39, 0.29) is 0 Å². The molecular formula is C14H23N3. The lowest BCUT2D eigenvalue weighted by Gasteiger charge is -2.37. The van der Waals surface area contributed by atoms with Gasteiger partial charge in [0.15, 0.2) is 0 Å². The molecule has 0 bridgehead atoms. The maximum Gasteiger partial charge on any atom is 0.128 e. The largest absolute Gasteiger partial charge is 0.397 e. The standard InChI is InChI=1S/C14H23N3/c1-10-6-4-5-7-13(10)17(3)14-8-11(2)12(15)9-16-14/h8-10,13H,4-7,15H2,1-3H3. The second kappa shape index (κ2) is 4.94. The van der Waals surface area contributed by atoms with Crippen LogP contribution in [0.15, 0.2) is 12.3 Å². The van der Waals surface area contributed by atoms with E-state index in [1.54, 1.807) is 6.20 Å². The van der Waals surface area contributed by atoms with Crippen molar-refractivity contribution in [2.24, 2.45) is 5.92 Å². The zero-order chi connectivity index (χ0) is 12.4. The van der Waals surface area contributed by atoms with Gasteiger partial charge in [-0.25, -0.2) is 4.98 Å². The molecule has 0 aromatic carbocycles. The molecule has 1 heterocycles. The SMILES string of the molecule is Cc1cc(N(C)C2CCCCC2C)ncc1N. The highest BCUT2D eigenvalue weighted by Crippen LogP contribution is 2.30. The molecule has 1 fully saturated rings. The molecule has 3 heteroatoms. The van der Waals surface area contributed by atoms with Crippen LogP contribution in [0.4, 0.5) is 11.5 Å². The number of rotatable bonds is 2. The number of aromatic nitrogens is 1. The zero-order valence-corrected chi connectivity index (χ0v) is 11.1. The third-order valence-corrected chi connectivity index (χ3v) is 4.06. The number of hydrogen-bond donors (Lipinski definition) is 1. The van der Waals surface area contributed by atoms with Crippen LogP contribution in [0.25, 0.3) is 0 Å². The molecule has 0 amide bonds. The Morgan fingerprint density at radius 3 is 2.71 bits per heavy atom. The van der Waals surface area contributed by atoms with Gasteiger partial charge in [0.2, 0.25) is 0 Å². The molecular weight excluding hydrogens is 210 g/mol. The van der Waals surface area contributed by atoms with Crippen LogP contribution >= 0.6 is 0 Å². The predicted molar refractivity (Wildman–Crippen MR) is 73.2 cm³/mol. The summed E-state index contributed by atoms with van der Waals surface area (Å²) in [5.41, 5.74) is 7.71. The summed E-state index contributed by atoms with van der Waals surface area (Å²) in [5, 5.41) is 0. The summed E-state index contributed by atoms with van der Waals surface area (Å²) in [5.74, 6) is 1.81. The highest BCUT2D eigenvalue weighted by Gasteiger charge is 2.25. The Bertz CT molecular complexity index is 389. The van der Waals surface area contributed by atoms with E-state index in [2.05, 4.69) is 29.9 Å². The molecule has 0 spiro atoms. The second-order valence-corrected chi connectivity index (χ2v) is 5.34. The first-order valence-electron chi connectivity index (χ1n) is 6.54. The van der Waals surface area contributed by atoms with Gasteiger partial charge in [0.25, 0.3) is 0 Å². The van der Waals surface area contributed by atoms with E-state index < -0.39 is 0 Å². The zero-order valence-electron chi connectivity index (χ0n) is 11.1. The lowest BCUT2D eigenvalue weighted by atomic mass is 9.85. The first kappa shape index (κ1) is 12.2. The van der Waals surface area contributed by atoms with Crippen molar-refractivity contribution in [3.05, 3.63) is 17.8 Å². The Kier molecular flexibility index (Phi) is 3.55. The maximum atomic E-state index is 5.81. The van der Waals surface area contributed by atoms with Crippen LogP contribution < -0.4 is 10.6 Å². The fourth-order valence-corrected chi connectivity index (χ4v) is 2.79. The van der Waals surface area contributed by atoms with Crippen molar-refractivity contribution in [2.45, 2.75) is 45.6 Å². The van der Waals surface area contributed by atoms with Crippen LogP contribution in [-0.4, -0.2) is 18.1 Å². The third-order valence-electron chi connectivity index (χ3n) is 4.06. The molecule has 17 heavy (non-hydrogen) atoms. The summed E-state index contributed by atoms with van der Waals surface area (Å²) in [6.07, 6.45) is 7.10. The molecule has 2 rings (SSSR count). The summed E-state index contributed by atoms with van der Waals surface area (Å²) in [7, 11) is 2.16. The monoisotopic (exact) mass is 233 g/mol. The number of nitrogen functional groups attached to an aromatic ring is 1. The van der Waals surface area contributed by atoms with Crippen molar-refractivity contribution in [3.8, 4) is 0 Å². The summed E-state index contributed by atoms with van der Waals surface area (Å²) in [4.78, 5) is 6.78. The van der Waals surface area contributed by atoms with E-state index in [1.807, 2.05) is 6.92 Å². The minimum Gasteiger partial charge on any atom is -0.397 e. The van der Waals surface area contributed by atoms with Crippen molar-refractivity contribution in [1.82, 2.24) is 4.98 Å². The summed E-state index contributed by atoms with van der Waals surface area (Å²) >= 11 is 0. The van der Waals surface area contributed by atoms with Gasteiger partial charge >= 0.3 is 0 Å². The van der Waals surface area contributed by atoms with Crippen molar-refractivity contribution in [1.29, 1.82) is 0 Å². The van der Waals surface area contributed by atoms with Crippen molar-refractivity contribution in [2.75, 3.05) is 17.7 Å². The van der Waals surface area contributed by atoms with E-state index in [0.717, 1.165) is 23.0 Å². The van der Waals surface area contributed by atoms with Crippen LogP contribution in [-0.2, 0) is 0 Å². The van der Waals surface area contributed by atoms with Crippen molar-refractivity contribution < 1.29 is 0 Å². The molecule has 1 aromatic rings. The number of anilines is 2. The van der Waals surface area contributed by atoms with Crippen LogP contribution in [0, 0.1) is 12.8 Å². The Balaban J connectivity index is 2.17. The van der Waals surface area contributed by atoms with E-state index in [4.69, 9.17) is 5.73 Å². The fourth-order valence-electron chi connectivity index (χ4n) is 2.79. The Morgan fingerprint density at radius 2 is 2.06 bits per heavy atom. The van der Waals surface area contributed by atoms with Gasteiger partial charge in [0.1, 0.15) is 5.82 Å². The van der Waals surface area contributed by atoms with Gasteiger partial charge in [-0.1, -0.05) is 19.8 Å². The third kappa shape index (κ3) is 2.54. The number of aryl methyl sites for hydroxylation is 1. The normalized spacial score (nSPS) is 24.6. The highest BCUT2D eigenvalue weighted by molar-refractivity contribution is 5.52. The van der Waals surface area contributed by atoms with Gasteiger partial charge in [-0.3, -0.25) is 0 Å². The summed E-state index contributed by atoms with van der Waals surface area (Å²) in [6.45, 7) is 4.39. The topological polar surface area (TPSA) is 42.2 Å². The average molecular weight is 233 g/mol. The van der Waals surface area contributed by atoms with Gasteiger partial charge < -0.3 is 10.6 Å². The second-order valence-electron chi connectivity index (χ2n) is 5.34. The Labute approximate surface area is 104 Å². The first-order chi connectivity index (χ1) is 8.09. The van der Waals surface area contributed by atoms with Gasteiger partial charge in [0.05, 0.1) is 11.9 Å². The number of pyridine rings is 1.